The molecule has 0 bridgehead atoms. The molecule has 4 heteroatoms. The first-order chi connectivity index (χ1) is 11.5. The molecule has 2 unspecified atom stereocenters. The van der Waals surface area contributed by atoms with Crippen molar-refractivity contribution < 1.29 is 15.0 Å². The highest BCUT2D eigenvalue weighted by atomic mass is 16.3. The lowest BCUT2D eigenvalue weighted by Crippen LogP contribution is -2.31. The fourth-order valence-electron chi connectivity index (χ4n) is 2.95. The predicted molar refractivity (Wildman–Crippen MR) is 98.7 cm³/mol. The molecule has 2 rings (SSSR count). The summed E-state index contributed by atoms with van der Waals surface area (Å²) in [5, 5.41) is 20.6. The number of hydrogen-bond donors (Lipinski definition) is 2. The average molecular weight is 329 g/mol. The predicted octanol–water partition coefficient (Wildman–Crippen LogP) is 3.25. The van der Waals surface area contributed by atoms with Crippen molar-refractivity contribution in [2.75, 3.05) is 25.1 Å². The molecule has 0 radical (unpaired) electrons. The Labute approximate surface area is 143 Å². The maximum Gasteiger partial charge on any atom is 0.165 e. The molecule has 2 atom stereocenters. The average Bonchev–Trinajstić information content (AvgIpc) is 2.60. The summed E-state index contributed by atoms with van der Waals surface area (Å²) in [4.78, 5) is 14.4. The first-order valence-corrected chi connectivity index (χ1v) is 8.54. The lowest BCUT2D eigenvalue weighted by molar-refractivity contribution is 0.0923. The van der Waals surface area contributed by atoms with Crippen LogP contribution in [0.25, 0.3) is 10.8 Å². The van der Waals surface area contributed by atoms with Gasteiger partial charge in [0.1, 0.15) is 0 Å². The van der Waals surface area contributed by atoms with Crippen molar-refractivity contribution in [3.63, 3.8) is 0 Å². The van der Waals surface area contributed by atoms with Crippen LogP contribution in [0.2, 0.25) is 0 Å². The summed E-state index contributed by atoms with van der Waals surface area (Å²) >= 11 is 0. The number of aliphatic hydroxyl groups is 2. The molecule has 0 aromatic heterocycles. The Morgan fingerprint density at radius 1 is 1.17 bits per heavy atom. The number of likely N-dealkylation sites (N-methyl/N-ethyl adjacent to an activating group) is 1. The van der Waals surface area contributed by atoms with Crippen molar-refractivity contribution in [3.8, 4) is 0 Å². The molecule has 24 heavy (non-hydrogen) atoms. The van der Waals surface area contributed by atoms with E-state index in [0.717, 1.165) is 34.9 Å². The van der Waals surface area contributed by atoms with E-state index in [4.69, 9.17) is 5.11 Å². The number of ketones is 1. The third kappa shape index (κ3) is 4.34. The maximum absolute atomic E-state index is 12.4. The van der Waals surface area contributed by atoms with Crippen LogP contribution in [0.5, 0.6) is 0 Å². The second-order valence-corrected chi connectivity index (χ2v) is 6.52. The van der Waals surface area contributed by atoms with Gasteiger partial charge in [-0.1, -0.05) is 38.5 Å². The van der Waals surface area contributed by atoms with Crippen molar-refractivity contribution in [3.05, 3.63) is 42.0 Å². The summed E-state index contributed by atoms with van der Waals surface area (Å²) in [6, 6.07) is 11.8. The van der Waals surface area contributed by atoms with Gasteiger partial charge in [-0.15, -0.1) is 0 Å². The molecule has 0 amide bonds. The van der Waals surface area contributed by atoms with Gasteiger partial charge in [0.05, 0.1) is 12.7 Å². The van der Waals surface area contributed by atoms with Crippen LogP contribution in [0, 0.1) is 5.92 Å². The van der Waals surface area contributed by atoms with E-state index in [9.17, 15) is 9.90 Å². The first kappa shape index (κ1) is 18.4. The quantitative estimate of drug-likeness (QED) is 0.730. The van der Waals surface area contributed by atoms with E-state index in [1.165, 1.54) is 0 Å². The zero-order chi connectivity index (χ0) is 17.7. The van der Waals surface area contributed by atoms with Crippen LogP contribution in [-0.2, 0) is 0 Å². The molecule has 0 aliphatic rings. The van der Waals surface area contributed by atoms with E-state index in [1.54, 1.807) is 0 Å². The van der Waals surface area contributed by atoms with E-state index in [0.29, 0.717) is 6.54 Å². The number of benzene rings is 2. The lowest BCUT2D eigenvalue weighted by Gasteiger charge is -2.22. The molecule has 0 fully saturated rings. The van der Waals surface area contributed by atoms with Crippen molar-refractivity contribution in [1.29, 1.82) is 0 Å². The minimum absolute atomic E-state index is 0.0535. The topological polar surface area (TPSA) is 60.8 Å². The summed E-state index contributed by atoms with van der Waals surface area (Å²) in [5.41, 5.74) is 1.73. The van der Waals surface area contributed by atoms with Crippen molar-refractivity contribution >= 4 is 22.2 Å². The highest BCUT2D eigenvalue weighted by molar-refractivity contribution is 6.01. The zero-order valence-electron chi connectivity index (χ0n) is 14.7. The SMILES string of the molecule is CCCC(C)C(=O)c1ccc2cc(N(C)CC(O)CO)ccc2c1. The Balaban J connectivity index is 2.23. The van der Waals surface area contributed by atoms with Gasteiger partial charge in [0.25, 0.3) is 0 Å². The third-order valence-electron chi connectivity index (χ3n) is 4.41. The fraction of sp³-hybridized carbons (Fsp3) is 0.450. The molecule has 0 spiro atoms. The highest BCUT2D eigenvalue weighted by Gasteiger charge is 2.15. The number of carbonyl (C=O) groups is 1. The monoisotopic (exact) mass is 329 g/mol. The van der Waals surface area contributed by atoms with Gasteiger partial charge in [-0.05, 0) is 35.4 Å². The van der Waals surface area contributed by atoms with Crippen LogP contribution < -0.4 is 4.90 Å². The second-order valence-electron chi connectivity index (χ2n) is 6.52. The van der Waals surface area contributed by atoms with Gasteiger partial charge >= 0.3 is 0 Å². The van der Waals surface area contributed by atoms with Crippen LogP contribution in [0.4, 0.5) is 5.69 Å². The molecule has 0 aliphatic heterocycles. The van der Waals surface area contributed by atoms with Crippen LogP contribution in [0.15, 0.2) is 36.4 Å². The Kier molecular flexibility index (Phi) is 6.35. The van der Waals surface area contributed by atoms with Gasteiger partial charge in [-0.25, -0.2) is 0 Å². The summed E-state index contributed by atoms with van der Waals surface area (Å²) in [6.07, 6.45) is 1.16. The normalized spacial score (nSPS) is 13.7. The van der Waals surface area contributed by atoms with Crippen molar-refractivity contribution in [2.45, 2.75) is 32.8 Å². The summed E-state index contributed by atoms with van der Waals surface area (Å²) in [7, 11) is 1.88. The van der Waals surface area contributed by atoms with Crippen LogP contribution in [0.1, 0.15) is 37.0 Å². The van der Waals surface area contributed by atoms with Gasteiger partial charge in [0, 0.05) is 30.8 Å². The maximum atomic E-state index is 12.4. The van der Waals surface area contributed by atoms with E-state index in [2.05, 4.69) is 6.92 Å². The number of carbonyl (C=O) groups excluding carboxylic acids is 1. The van der Waals surface area contributed by atoms with Crippen LogP contribution in [-0.4, -0.2) is 42.3 Å². The number of anilines is 1. The Morgan fingerprint density at radius 3 is 2.50 bits per heavy atom. The summed E-state index contributed by atoms with van der Waals surface area (Å²) in [5.74, 6) is 0.254. The molecule has 2 N–H and O–H groups in total. The number of rotatable bonds is 8. The van der Waals surface area contributed by atoms with E-state index < -0.39 is 6.10 Å². The standard InChI is InChI=1S/C20H27NO3/c1-4-5-14(2)20(24)17-7-6-16-11-18(9-8-15(16)10-17)21(3)12-19(23)13-22/h6-11,14,19,22-23H,4-5,12-13H2,1-3H3. The number of Topliss-reactive ketones (excluding diaryl/α,β-unsaturated/α-hetero) is 1. The molecule has 0 aliphatic carbocycles. The largest absolute Gasteiger partial charge is 0.394 e. The second kappa shape index (κ2) is 8.27. The first-order valence-electron chi connectivity index (χ1n) is 8.54. The van der Waals surface area contributed by atoms with Gasteiger partial charge < -0.3 is 15.1 Å². The Morgan fingerprint density at radius 2 is 1.83 bits per heavy atom. The van der Waals surface area contributed by atoms with Gasteiger partial charge in [0.15, 0.2) is 5.78 Å². The fourth-order valence-corrected chi connectivity index (χ4v) is 2.95. The van der Waals surface area contributed by atoms with E-state index in [1.807, 2.05) is 55.3 Å². The molecule has 0 heterocycles. The highest BCUT2D eigenvalue weighted by Crippen LogP contribution is 2.24. The molecule has 2 aromatic rings. The molecule has 4 nitrogen and oxygen atoms in total. The number of fused-ring (bicyclic) bond motifs is 1. The van der Waals surface area contributed by atoms with E-state index >= 15 is 0 Å². The van der Waals surface area contributed by atoms with Gasteiger partial charge in [-0.3, -0.25) is 4.79 Å². The smallest absolute Gasteiger partial charge is 0.165 e. The Bertz CT molecular complexity index is 698. The van der Waals surface area contributed by atoms with Crippen molar-refractivity contribution in [1.82, 2.24) is 0 Å². The lowest BCUT2D eigenvalue weighted by atomic mass is 9.94. The van der Waals surface area contributed by atoms with Crippen molar-refractivity contribution in [2.24, 2.45) is 5.92 Å². The molecule has 0 saturated heterocycles. The van der Waals surface area contributed by atoms with Crippen LogP contribution >= 0.6 is 0 Å². The number of nitrogens with zero attached hydrogens (tertiary/aromatic N) is 1. The number of aliphatic hydroxyl groups excluding tert-OH is 2. The molecular weight excluding hydrogens is 302 g/mol. The molecule has 130 valence electrons. The van der Waals surface area contributed by atoms with Gasteiger partial charge in [-0.2, -0.15) is 0 Å². The third-order valence-corrected chi connectivity index (χ3v) is 4.41. The van der Waals surface area contributed by atoms with Gasteiger partial charge in [0.2, 0.25) is 0 Å². The summed E-state index contributed by atoms with van der Waals surface area (Å²) in [6.45, 7) is 4.20. The number of hydrogen-bond acceptors (Lipinski definition) is 4. The minimum Gasteiger partial charge on any atom is -0.394 e. The van der Waals surface area contributed by atoms with E-state index in [-0.39, 0.29) is 18.3 Å². The Hall–Kier alpha value is -1.91. The zero-order valence-corrected chi connectivity index (χ0v) is 14.7. The molecule has 2 aromatic carbocycles. The summed E-state index contributed by atoms with van der Waals surface area (Å²) < 4.78 is 0. The minimum atomic E-state index is -0.759. The molecule has 0 saturated carbocycles. The van der Waals surface area contributed by atoms with Crippen LogP contribution in [0.3, 0.4) is 0 Å². The molecular formula is C20H27NO3.